The maximum atomic E-state index is 5.29. The zero-order valence-electron chi connectivity index (χ0n) is 6.84. The van der Waals surface area contributed by atoms with Crippen LogP contribution in [0, 0.1) is 5.41 Å². The van der Waals surface area contributed by atoms with E-state index in [9.17, 15) is 0 Å². The van der Waals surface area contributed by atoms with Crippen molar-refractivity contribution in [2.45, 2.75) is 26.2 Å². The molecular formula is C8H14O3. The van der Waals surface area contributed by atoms with Gasteiger partial charge in [-0.25, -0.2) is 0 Å². The van der Waals surface area contributed by atoms with Crippen LogP contribution < -0.4 is 0 Å². The SMILES string of the molecule is CCCC12COC(OC1)OC2. The zero-order valence-corrected chi connectivity index (χ0v) is 6.84. The monoisotopic (exact) mass is 158 g/mol. The quantitative estimate of drug-likeness (QED) is 0.603. The highest BCUT2D eigenvalue weighted by Crippen LogP contribution is 2.35. The van der Waals surface area contributed by atoms with Crippen LogP contribution in [0.2, 0.25) is 0 Å². The molecule has 0 aromatic heterocycles. The number of rotatable bonds is 2. The smallest absolute Gasteiger partial charge is 0.271 e. The molecule has 0 N–H and O–H groups in total. The Hall–Kier alpha value is -0.120. The molecule has 0 unspecified atom stereocenters. The Kier molecular flexibility index (Phi) is 1.87. The van der Waals surface area contributed by atoms with Gasteiger partial charge >= 0.3 is 0 Å². The molecule has 2 bridgehead atoms. The van der Waals surface area contributed by atoms with Crippen molar-refractivity contribution in [3.63, 3.8) is 0 Å². The zero-order chi connectivity index (χ0) is 7.73. The Morgan fingerprint density at radius 1 is 1.18 bits per heavy atom. The van der Waals surface area contributed by atoms with Crippen LogP contribution in [-0.2, 0) is 14.2 Å². The van der Waals surface area contributed by atoms with E-state index in [2.05, 4.69) is 6.92 Å². The molecule has 0 radical (unpaired) electrons. The van der Waals surface area contributed by atoms with E-state index in [-0.39, 0.29) is 11.9 Å². The summed E-state index contributed by atoms with van der Waals surface area (Å²) in [6.45, 7) is 4.24. The van der Waals surface area contributed by atoms with E-state index in [1.54, 1.807) is 0 Å². The minimum atomic E-state index is -0.367. The van der Waals surface area contributed by atoms with Crippen LogP contribution >= 0.6 is 0 Å². The molecule has 3 heteroatoms. The van der Waals surface area contributed by atoms with Gasteiger partial charge in [0.15, 0.2) is 0 Å². The minimum absolute atomic E-state index is 0.170. The molecule has 11 heavy (non-hydrogen) atoms. The Morgan fingerprint density at radius 2 is 1.73 bits per heavy atom. The van der Waals surface area contributed by atoms with Crippen LogP contribution in [0.1, 0.15) is 19.8 Å². The summed E-state index contributed by atoms with van der Waals surface area (Å²) in [6, 6.07) is 0. The van der Waals surface area contributed by atoms with Crippen LogP contribution in [-0.4, -0.2) is 26.3 Å². The van der Waals surface area contributed by atoms with E-state index < -0.39 is 0 Å². The van der Waals surface area contributed by atoms with E-state index in [4.69, 9.17) is 14.2 Å². The molecule has 0 saturated carbocycles. The van der Waals surface area contributed by atoms with Gasteiger partial charge in [0.05, 0.1) is 19.8 Å². The predicted octanol–water partition coefficient (Wildman–Crippen LogP) is 1.13. The third kappa shape index (κ3) is 1.28. The summed E-state index contributed by atoms with van der Waals surface area (Å²) in [7, 11) is 0. The molecule has 0 atom stereocenters. The van der Waals surface area contributed by atoms with Crippen LogP contribution in [0.5, 0.6) is 0 Å². The molecule has 0 aromatic rings. The molecule has 0 amide bonds. The first-order chi connectivity index (χ1) is 5.35. The fraction of sp³-hybridized carbons (Fsp3) is 1.00. The lowest BCUT2D eigenvalue weighted by molar-refractivity contribution is -0.395. The topological polar surface area (TPSA) is 27.7 Å². The van der Waals surface area contributed by atoms with Gasteiger partial charge in [-0.1, -0.05) is 13.3 Å². The fourth-order valence-corrected chi connectivity index (χ4v) is 1.75. The summed E-state index contributed by atoms with van der Waals surface area (Å²) in [6.07, 6.45) is 2.31. The number of hydrogen-bond donors (Lipinski definition) is 0. The lowest BCUT2D eigenvalue weighted by atomic mass is 9.85. The first kappa shape index (κ1) is 7.53. The second-order valence-corrected chi connectivity index (χ2v) is 3.47. The Morgan fingerprint density at radius 3 is 2.18 bits per heavy atom. The number of fused-ring (bicyclic) bond motifs is 3. The third-order valence-corrected chi connectivity index (χ3v) is 2.36. The van der Waals surface area contributed by atoms with Crippen LogP contribution in [0.25, 0.3) is 0 Å². The first-order valence-corrected chi connectivity index (χ1v) is 4.19. The molecule has 3 nitrogen and oxygen atoms in total. The Bertz CT molecular complexity index is 118. The van der Waals surface area contributed by atoms with E-state index in [1.165, 1.54) is 6.42 Å². The number of hydrogen-bond acceptors (Lipinski definition) is 3. The summed E-state index contributed by atoms with van der Waals surface area (Å²) in [5.41, 5.74) is 0.170. The molecule has 3 aliphatic rings. The van der Waals surface area contributed by atoms with Crippen LogP contribution in [0.4, 0.5) is 0 Å². The van der Waals surface area contributed by atoms with Gasteiger partial charge in [-0.2, -0.15) is 0 Å². The molecule has 3 aliphatic heterocycles. The van der Waals surface area contributed by atoms with E-state index in [0.717, 1.165) is 26.2 Å². The van der Waals surface area contributed by atoms with E-state index in [0.29, 0.717) is 0 Å². The van der Waals surface area contributed by atoms with Gasteiger partial charge in [-0.3, -0.25) is 0 Å². The standard InChI is InChI=1S/C8H14O3/c1-2-3-8-4-9-7(10-5-8)11-6-8/h7H,2-6H2,1H3. The second kappa shape index (κ2) is 2.73. The van der Waals surface area contributed by atoms with Gasteiger partial charge in [-0.15, -0.1) is 0 Å². The van der Waals surface area contributed by atoms with Crippen LogP contribution in [0.15, 0.2) is 0 Å². The van der Waals surface area contributed by atoms with Crippen molar-refractivity contribution in [3.8, 4) is 0 Å². The maximum Gasteiger partial charge on any atom is 0.271 e. The van der Waals surface area contributed by atoms with Gasteiger partial charge in [0.25, 0.3) is 6.48 Å². The molecule has 0 aliphatic carbocycles. The summed E-state index contributed by atoms with van der Waals surface area (Å²) in [4.78, 5) is 0. The highest BCUT2D eigenvalue weighted by atomic mass is 16.9. The highest BCUT2D eigenvalue weighted by Gasteiger charge is 2.42. The lowest BCUT2D eigenvalue weighted by Gasteiger charge is -2.45. The van der Waals surface area contributed by atoms with Crippen molar-refractivity contribution >= 4 is 0 Å². The van der Waals surface area contributed by atoms with Crippen molar-refractivity contribution in [1.29, 1.82) is 0 Å². The van der Waals surface area contributed by atoms with Gasteiger partial charge in [-0.05, 0) is 6.42 Å². The molecule has 3 saturated heterocycles. The third-order valence-electron chi connectivity index (χ3n) is 2.36. The van der Waals surface area contributed by atoms with Crippen molar-refractivity contribution in [1.82, 2.24) is 0 Å². The molecule has 0 spiro atoms. The molecule has 3 fully saturated rings. The van der Waals surface area contributed by atoms with E-state index in [1.807, 2.05) is 0 Å². The summed E-state index contributed by atoms with van der Waals surface area (Å²) in [5, 5.41) is 0. The predicted molar refractivity (Wildman–Crippen MR) is 39.0 cm³/mol. The van der Waals surface area contributed by atoms with Crippen molar-refractivity contribution in [3.05, 3.63) is 0 Å². The molecule has 0 aromatic carbocycles. The van der Waals surface area contributed by atoms with Gasteiger partial charge in [0.1, 0.15) is 0 Å². The maximum absolute atomic E-state index is 5.29. The van der Waals surface area contributed by atoms with Crippen LogP contribution in [0.3, 0.4) is 0 Å². The molecule has 3 rings (SSSR count). The first-order valence-electron chi connectivity index (χ1n) is 4.19. The average molecular weight is 158 g/mol. The Balaban J connectivity index is 2.00. The summed E-state index contributed by atoms with van der Waals surface area (Å²) in [5.74, 6) is 0. The summed E-state index contributed by atoms with van der Waals surface area (Å²) >= 11 is 0. The molecule has 3 heterocycles. The Labute approximate surface area is 66.6 Å². The van der Waals surface area contributed by atoms with Gasteiger partial charge in [0, 0.05) is 5.41 Å². The molecular weight excluding hydrogens is 144 g/mol. The second-order valence-electron chi connectivity index (χ2n) is 3.47. The number of ether oxygens (including phenoxy) is 3. The van der Waals surface area contributed by atoms with Gasteiger partial charge in [0.2, 0.25) is 0 Å². The minimum Gasteiger partial charge on any atom is -0.329 e. The largest absolute Gasteiger partial charge is 0.329 e. The lowest BCUT2D eigenvalue weighted by Crippen LogP contribution is -2.52. The normalized spacial score (nSPS) is 42.8. The highest BCUT2D eigenvalue weighted by molar-refractivity contribution is 4.83. The van der Waals surface area contributed by atoms with Gasteiger partial charge < -0.3 is 14.2 Å². The van der Waals surface area contributed by atoms with Crippen molar-refractivity contribution in [2.24, 2.45) is 5.41 Å². The fourth-order valence-electron chi connectivity index (χ4n) is 1.75. The van der Waals surface area contributed by atoms with Crippen molar-refractivity contribution in [2.75, 3.05) is 19.8 Å². The average Bonchev–Trinajstić information content (AvgIpc) is 2.07. The van der Waals surface area contributed by atoms with E-state index >= 15 is 0 Å². The van der Waals surface area contributed by atoms with Crippen molar-refractivity contribution < 1.29 is 14.2 Å². The molecule has 64 valence electrons. The summed E-state index contributed by atoms with van der Waals surface area (Å²) < 4.78 is 15.9.